The van der Waals surface area contributed by atoms with Gasteiger partial charge >= 0.3 is 0 Å². The number of benzene rings is 1. The van der Waals surface area contributed by atoms with Gasteiger partial charge in [0.05, 0.1) is 16.6 Å². The van der Waals surface area contributed by atoms with Crippen LogP contribution in [0, 0.1) is 33.1 Å². The third kappa shape index (κ3) is 3.83. The second-order valence-electron chi connectivity index (χ2n) is 5.17. The van der Waals surface area contributed by atoms with Gasteiger partial charge in [-0.25, -0.2) is 8.78 Å². The molecule has 1 aromatic carbocycles. The summed E-state index contributed by atoms with van der Waals surface area (Å²) in [6.07, 6.45) is 5.19. The number of nitrogens with zero attached hydrogens (tertiary/aromatic N) is 2. The van der Waals surface area contributed by atoms with Crippen molar-refractivity contribution in [3.63, 3.8) is 0 Å². The van der Waals surface area contributed by atoms with Crippen LogP contribution in [0.15, 0.2) is 18.2 Å². The van der Waals surface area contributed by atoms with Gasteiger partial charge in [-0.1, -0.05) is 25.5 Å². The lowest BCUT2D eigenvalue weighted by molar-refractivity contribution is -0.384. The molecule has 1 heterocycles. The van der Waals surface area contributed by atoms with Gasteiger partial charge in [0, 0.05) is 16.5 Å². The van der Waals surface area contributed by atoms with E-state index >= 15 is 0 Å². The van der Waals surface area contributed by atoms with Crippen molar-refractivity contribution in [3.8, 4) is 6.07 Å². The van der Waals surface area contributed by atoms with Crippen LogP contribution in [0.25, 0.3) is 6.08 Å². The molecule has 0 aliphatic heterocycles. The molecule has 0 amide bonds. The number of rotatable bonds is 6. The monoisotopic (exact) mass is 363 g/mol. The van der Waals surface area contributed by atoms with E-state index in [2.05, 4.69) is 11.4 Å². The quantitative estimate of drug-likeness (QED) is 0.540. The lowest BCUT2D eigenvalue weighted by atomic mass is 10.1. The normalized spacial score (nSPS) is 10.8. The Morgan fingerprint density at radius 1 is 1.40 bits per heavy atom. The molecule has 0 fully saturated rings. The van der Waals surface area contributed by atoms with Gasteiger partial charge in [-0.05, 0) is 13.3 Å². The summed E-state index contributed by atoms with van der Waals surface area (Å²) >= 11 is 1.28. The van der Waals surface area contributed by atoms with E-state index in [1.165, 1.54) is 11.3 Å². The van der Waals surface area contributed by atoms with E-state index in [1.807, 2.05) is 13.8 Å². The van der Waals surface area contributed by atoms with Crippen molar-refractivity contribution >= 4 is 33.8 Å². The molecule has 0 atom stereocenters. The summed E-state index contributed by atoms with van der Waals surface area (Å²) in [7, 11) is 0. The standard InChI is InChI=1S/C17H15F2N3O2S/c1-3-5-10-11(9-20)17(25-16(10)6-4-2)21-14-7-12(18)13(19)8-15(14)22(23)24/h3,5,7-8,21H,4,6H2,1-2H3/b5-3-. The highest BCUT2D eigenvalue weighted by atomic mass is 32.1. The van der Waals surface area contributed by atoms with Crippen LogP contribution in [0.2, 0.25) is 0 Å². The third-order valence-electron chi connectivity index (χ3n) is 3.43. The molecule has 2 aromatic rings. The number of thiophene rings is 1. The molecule has 130 valence electrons. The lowest BCUT2D eigenvalue weighted by Crippen LogP contribution is -2.00. The van der Waals surface area contributed by atoms with Crippen molar-refractivity contribution in [2.24, 2.45) is 0 Å². The van der Waals surface area contributed by atoms with E-state index in [-0.39, 0.29) is 5.69 Å². The van der Waals surface area contributed by atoms with Crippen LogP contribution in [-0.4, -0.2) is 4.92 Å². The predicted octanol–water partition coefficient (Wildman–Crippen LogP) is 5.54. The first-order chi connectivity index (χ1) is 11.9. The summed E-state index contributed by atoms with van der Waals surface area (Å²) < 4.78 is 26.8. The van der Waals surface area contributed by atoms with Gasteiger partial charge < -0.3 is 5.32 Å². The molecule has 0 aliphatic rings. The molecule has 0 unspecified atom stereocenters. The largest absolute Gasteiger partial charge is 0.340 e. The summed E-state index contributed by atoms with van der Waals surface area (Å²) in [6.45, 7) is 3.82. The lowest BCUT2D eigenvalue weighted by Gasteiger charge is -2.06. The number of nitro benzene ring substituents is 1. The fourth-order valence-corrected chi connectivity index (χ4v) is 3.61. The molecule has 0 radical (unpaired) electrons. The van der Waals surface area contributed by atoms with Crippen molar-refractivity contribution in [1.29, 1.82) is 5.26 Å². The first-order valence-electron chi connectivity index (χ1n) is 7.51. The van der Waals surface area contributed by atoms with E-state index in [0.29, 0.717) is 16.6 Å². The Labute approximate surface area is 147 Å². The average molecular weight is 363 g/mol. The first kappa shape index (κ1) is 18.5. The summed E-state index contributed by atoms with van der Waals surface area (Å²) in [6, 6.07) is 3.33. The maximum Gasteiger partial charge on any atom is 0.295 e. The zero-order chi connectivity index (χ0) is 18.6. The number of allylic oxidation sites excluding steroid dienone is 1. The molecule has 0 spiro atoms. The highest BCUT2D eigenvalue weighted by molar-refractivity contribution is 7.16. The number of nitro groups is 1. The molecule has 25 heavy (non-hydrogen) atoms. The van der Waals surface area contributed by atoms with Gasteiger partial charge in [0.25, 0.3) is 5.69 Å². The minimum Gasteiger partial charge on any atom is -0.340 e. The molecule has 5 nitrogen and oxygen atoms in total. The van der Waals surface area contributed by atoms with Crippen LogP contribution < -0.4 is 5.32 Å². The number of aryl methyl sites for hydroxylation is 1. The maximum atomic E-state index is 13.5. The molecule has 0 saturated heterocycles. The van der Waals surface area contributed by atoms with Crippen LogP contribution in [-0.2, 0) is 6.42 Å². The fourth-order valence-electron chi connectivity index (χ4n) is 2.36. The zero-order valence-electron chi connectivity index (χ0n) is 13.6. The van der Waals surface area contributed by atoms with Crippen molar-refractivity contribution in [2.45, 2.75) is 26.7 Å². The van der Waals surface area contributed by atoms with Crippen molar-refractivity contribution in [1.82, 2.24) is 0 Å². The minimum absolute atomic E-state index is 0.197. The van der Waals surface area contributed by atoms with Gasteiger partial charge in [0.15, 0.2) is 11.6 Å². The van der Waals surface area contributed by atoms with Crippen molar-refractivity contribution < 1.29 is 13.7 Å². The van der Waals surface area contributed by atoms with Gasteiger partial charge in [-0.2, -0.15) is 5.26 Å². The molecule has 1 N–H and O–H groups in total. The van der Waals surface area contributed by atoms with Crippen LogP contribution in [0.1, 0.15) is 36.3 Å². The number of hydrogen-bond acceptors (Lipinski definition) is 5. The van der Waals surface area contributed by atoms with Crippen molar-refractivity contribution in [2.75, 3.05) is 5.32 Å². The van der Waals surface area contributed by atoms with Crippen LogP contribution >= 0.6 is 11.3 Å². The first-order valence-corrected chi connectivity index (χ1v) is 8.33. The number of halogens is 2. The Balaban J connectivity index is 2.58. The second-order valence-corrected chi connectivity index (χ2v) is 6.28. The van der Waals surface area contributed by atoms with Gasteiger partial charge in [-0.3, -0.25) is 10.1 Å². The fraction of sp³-hybridized carbons (Fsp3) is 0.235. The Kier molecular flexibility index (Phi) is 5.83. The van der Waals surface area contributed by atoms with Gasteiger partial charge in [0.2, 0.25) is 0 Å². The van der Waals surface area contributed by atoms with E-state index in [9.17, 15) is 24.2 Å². The summed E-state index contributed by atoms with van der Waals surface area (Å²) in [4.78, 5) is 11.3. The van der Waals surface area contributed by atoms with Crippen LogP contribution in [0.4, 0.5) is 25.2 Å². The van der Waals surface area contributed by atoms with E-state index < -0.39 is 22.2 Å². The number of nitriles is 1. The number of hydrogen-bond donors (Lipinski definition) is 1. The molecule has 8 heteroatoms. The summed E-state index contributed by atoms with van der Waals surface area (Å²) in [5.74, 6) is -2.50. The Morgan fingerprint density at radius 2 is 2.08 bits per heavy atom. The number of nitrogens with one attached hydrogen (secondary N) is 1. The van der Waals surface area contributed by atoms with Gasteiger partial charge in [-0.15, -0.1) is 11.3 Å². The SMILES string of the molecule is C/C=C\c1c(CCC)sc(Nc2cc(F)c(F)cc2[N+](=O)[O-])c1C#N. The molecular weight excluding hydrogens is 348 g/mol. The van der Waals surface area contributed by atoms with Gasteiger partial charge in [0.1, 0.15) is 16.8 Å². The second kappa shape index (κ2) is 7.85. The summed E-state index contributed by atoms with van der Waals surface area (Å²) in [5, 5.41) is 23.7. The summed E-state index contributed by atoms with van der Waals surface area (Å²) in [5.41, 5.74) is 0.271. The Hall–Kier alpha value is -2.79. The molecule has 1 aromatic heterocycles. The van der Waals surface area contributed by atoms with E-state index in [1.54, 1.807) is 12.2 Å². The smallest absolute Gasteiger partial charge is 0.295 e. The predicted molar refractivity (Wildman–Crippen MR) is 94.0 cm³/mol. The molecule has 2 rings (SSSR count). The Bertz CT molecular complexity index is 885. The number of anilines is 2. The average Bonchev–Trinajstić information content (AvgIpc) is 2.87. The highest BCUT2D eigenvalue weighted by Gasteiger charge is 2.22. The topological polar surface area (TPSA) is 79.0 Å². The third-order valence-corrected chi connectivity index (χ3v) is 4.61. The van der Waals surface area contributed by atoms with Crippen molar-refractivity contribution in [3.05, 3.63) is 56.0 Å². The Morgan fingerprint density at radius 3 is 2.64 bits per heavy atom. The van der Waals surface area contributed by atoms with E-state index in [0.717, 1.165) is 29.3 Å². The molecule has 0 saturated carbocycles. The van der Waals surface area contributed by atoms with Crippen LogP contribution in [0.3, 0.4) is 0 Å². The molecular formula is C17H15F2N3O2S. The molecule has 0 bridgehead atoms. The molecule has 0 aliphatic carbocycles. The van der Waals surface area contributed by atoms with E-state index in [4.69, 9.17) is 0 Å². The highest BCUT2D eigenvalue weighted by Crippen LogP contribution is 2.39. The van der Waals surface area contributed by atoms with Crippen LogP contribution in [0.5, 0.6) is 0 Å². The maximum absolute atomic E-state index is 13.5. The minimum atomic E-state index is -1.30. The zero-order valence-corrected chi connectivity index (χ0v) is 14.4.